The normalized spacial score (nSPS) is 14.7. The van der Waals surface area contributed by atoms with Gasteiger partial charge in [-0.25, -0.2) is 4.79 Å². The third-order valence-corrected chi connectivity index (χ3v) is 4.41. The Morgan fingerprint density at radius 2 is 1.90 bits per heavy atom. The van der Waals surface area contributed by atoms with Crippen molar-refractivity contribution in [3.05, 3.63) is 48.0 Å². The summed E-state index contributed by atoms with van der Waals surface area (Å²) in [5.41, 5.74) is 0.0227. The first-order valence-electron chi connectivity index (χ1n) is 9.29. The van der Waals surface area contributed by atoms with Gasteiger partial charge >= 0.3 is 12.6 Å². The van der Waals surface area contributed by atoms with Crippen LogP contribution in [0.5, 0.6) is 23.0 Å². The zero-order valence-electron chi connectivity index (χ0n) is 16.9. The van der Waals surface area contributed by atoms with E-state index in [9.17, 15) is 18.4 Å². The molecule has 1 unspecified atom stereocenters. The van der Waals surface area contributed by atoms with E-state index in [0.29, 0.717) is 11.5 Å². The topological polar surface area (TPSA) is 83.5 Å². The van der Waals surface area contributed by atoms with Crippen molar-refractivity contribution in [2.45, 2.75) is 12.7 Å². The average molecular weight is 437 g/mol. The van der Waals surface area contributed by atoms with Crippen molar-refractivity contribution >= 4 is 11.9 Å². The molecule has 0 N–H and O–H groups in total. The lowest BCUT2D eigenvalue weighted by molar-refractivity contribution is -0.134. The number of benzene rings is 2. The number of ether oxygens (including phenoxy) is 5. The molecule has 0 radical (unpaired) electrons. The van der Waals surface area contributed by atoms with E-state index in [2.05, 4.69) is 4.74 Å². The monoisotopic (exact) mass is 437 g/mol. The number of hydrogen-bond acceptors (Lipinski definition) is 7. The van der Waals surface area contributed by atoms with Crippen LogP contribution in [0.3, 0.4) is 0 Å². The molecule has 0 aliphatic carbocycles. The maximum absolute atomic E-state index is 12.4. The SMILES string of the molecule is COc1cc(C(=O)OCC(=O)N(C)CC2COc3ccccc3O2)ccc1OC(F)F. The van der Waals surface area contributed by atoms with Crippen molar-refractivity contribution in [3.63, 3.8) is 0 Å². The number of esters is 1. The third kappa shape index (κ3) is 5.74. The van der Waals surface area contributed by atoms with Gasteiger partial charge in [0, 0.05) is 7.05 Å². The highest BCUT2D eigenvalue weighted by atomic mass is 19.3. The molecule has 2 aromatic rings. The van der Waals surface area contributed by atoms with Gasteiger partial charge in [-0.05, 0) is 30.3 Å². The van der Waals surface area contributed by atoms with Crippen LogP contribution in [-0.4, -0.2) is 63.4 Å². The van der Waals surface area contributed by atoms with Gasteiger partial charge in [0.2, 0.25) is 0 Å². The molecule has 1 heterocycles. The lowest BCUT2D eigenvalue weighted by atomic mass is 10.2. The first kappa shape index (κ1) is 22.1. The quantitative estimate of drug-likeness (QED) is 0.588. The minimum Gasteiger partial charge on any atom is -0.493 e. The molecule has 10 heteroatoms. The Morgan fingerprint density at radius 3 is 2.61 bits per heavy atom. The van der Waals surface area contributed by atoms with Crippen LogP contribution in [0, 0.1) is 0 Å². The molecule has 1 aliphatic rings. The van der Waals surface area contributed by atoms with Crippen LogP contribution in [0.15, 0.2) is 42.5 Å². The van der Waals surface area contributed by atoms with E-state index >= 15 is 0 Å². The molecule has 3 rings (SSSR count). The molecule has 1 aliphatic heterocycles. The van der Waals surface area contributed by atoms with Crippen molar-refractivity contribution < 1.29 is 42.1 Å². The van der Waals surface area contributed by atoms with Crippen LogP contribution in [-0.2, 0) is 9.53 Å². The predicted octanol–water partition coefficient (Wildman–Crippen LogP) is 2.75. The predicted molar refractivity (Wildman–Crippen MR) is 104 cm³/mol. The maximum Gasteiger partial charge on any atom is 0.387 e. The van der Waals surface area contributed by atoms with Crippen molar-refractivity contribution in [3.8, 4) is 23.0 Å². The second-order valence-corrected chi connectivity index (χ2v) is 6.59. The van der Waals surface area contributed by atoms with Crippen molar-refractivity contribution in [2.24, 2.45) is 0 Å². The zero-order valence-corrected chi connectivity index (χ0v) is 16.9. The summed E-state index contributed by atoms with van der Waals surface area (Å²) in [7, 11) is 2.80. The molecule has 166 valence electrons. The van der Waals surface area contributed by atoms with Gasteiger partial charge in [0.05, 0.1) is 19.2 Å². The second-order valence-electron chi connectivity index (χ2n) is 6.59. The largest absolute Gasteiger partial charge is 0.493 e. The molecule has 1 amide bonds. The Morgan fingerprint density at radius 1 is 1.16 bits per heavy atom. The molecule has 1 atom stereocenters. The standard InChI is InChI=1S/C21H21F2NO7/c1-24(10-14-11-28-15-5-3-4-6-16(15)30-14)19(25)12-29-20(26)13-7-8-17(31-21(22)23)18(9-13)27-2/h3-9,14,21H,10-12H2,1-2H3. The summed E-state index contributed by atoms with van der Waals surface area (Å²) in [5.74, 6) is -0.300. The molecular weight excluding hydrogens is 416 g/mol. The minimum absolute atomic E-state index is 0.0227. The van der Waals surface area contributed by atoms with Crippen LogP contribution in [0.1, 0.15) is 10.4 Å². The molecule has 8 nitrogen and oxygen atoms in total. The van der Waals surface area contributed by atoms with E-state index < -0.39 is 25.1 Å². The van der Waals surface area contributed by atoms with Gasteiger partial charge in [-0.3, -0.25) is 4.79 Å². The summed E-state index contributed by atoms with van der Waals surface area (Å²) in [5, 5.41) is 0. The highest BCUT2D eigenvalue weighted by Crippen LogP contribution is 2.31. The highest BCUT2D eigenvalue weighted by Gasteiger charge is 2.24. The van der Waals surface area contributed by atoms with Crippen LogP contribution >= 0.6 is 0 Å². The molecule has 0 saturated carbocycles. The second kappa shape index (κ2) is 9.96. The number of halogens is 2. The number of amides is 1. The molecule has 0 fully saturated rings. The van der Waals surface area contributed by atoms with Gasteiger partial charge in [0.1, 0.15) is 6.61 Å². The number of fused-ring (bicyclic) bond motifs is 1. The Hall–Kier alpha value is -3.56. The molecule has 0 spiro atoms. The number of likely N-dealkylation sites (N-methyl/N-ethyl adjacent to an activating group) is 1. The average Bonchev–Trinajstić information content (AvgIpc) is 2.76. The summed E-state index contributed by atoms with van der Waals surface area (Å²) in [6.07, 6.45) is -0.369. The van der Waals surface area contributed by atoms with Gasteiger partial charge in [0.15, 0.2) is 35.7 Å². The van der Waals surface area contributed by atoms with E-state index in [-0.39, 0.29) is 36.3 Å². The van der Waals surface area contributed by atoms with Crippen LogP contribution < -0.4 is 18.9 Å². The number of methoxy groups -OCH3 is 1. The van der Waals surface area contributed by atoms with Crippen LogP contribution in [0.2, 0.25) is 0 Å². The molecule has 2 aromatic carbocycles. The van der Waals surface area contributed by atoms with Crippen molar-refractivity contribution in [1.82, 2.24) is 4.90 Å². The lowest BCUT2D eigenvalue weighted by Crippen LogP contribution is -2.43. The van der Waals surface area contributed by atoms with E-state index in [1.165, 1.54) is 24.1 Å². The molecule has 0 saturated heterocycles. The van der Waals surface area contributed by atoms with E-state index in [1.54, 1.807) is 19.2 Å². The lowest BCUT2D eigenvalue weighted by Gasteiger charge is -2.29. The number of para-hydroxylation sites is 2. The maximum atomic E-state index is 12.4. The van der Waals surface area contributed by atoms with E-state index in [0.717, 1.165) is 6.07 Å². The first-order valence-corrected chi connectivity index (χ1v) is 9.29. The minimum atomic E-state index is -3.04. The fourth-order valence-electron chi connectivity index (χ4n) is 2.87. The molecule has 31 heavy (non-hydrogen) atoms. The number of carbonyl (C=O) groups is 2. The summed E-state index contributed by atoms with van der Waals surface area (Å²) >= 11 is 0. The van der Waals surface area contributed by atoms with E-state index in [4.69, 9.17) is 18.9 Å². The Labute approximate surface area is 177 Å². The summed E-state index contributed by atoms with van der Waals surface area (Å²) in [6.45, 7) is -3.02. The van der Waals surface area contributed by atoms with Crippen molar-refractivity contribution in [2.75, 3.05) is 33.9 Å². The zero-order chi connectivity index (χ0) is 22.4. The number of nitrogens with zero attached hydrogens (tertiary/aromatic N) is 1. The Kier molecular flexibility index (Phi) is 7.11. The summed E-state index contributed by atoms with van der Waals surface area (Å²) in [6, 6.07) is 10.8. The highest BCUT2D eigenvalue weighted by molar-refractivity contribution is 5.92. The fraction of sp³-hybridized carbons (Fsp3) is 0.333. The number of carbonyl (C=O) groups excluding carboxylic acids is 2. The van der Waals surface area contributed by atoms with Gasteiger partial charge in [-0.15, -0.1) is 0 Å². The first-order chi connectivity index (χ1) is 14.9. The van der Waals surface area contributed by atoms with Crippen LogP contribution in [0.4, 0.5) is 8.78 Å². The van der Waals surface area contributed by atoms with Gasteiger partial charge < -0.3 is 28.6 Å². The third-order valence-electron chi connectivity index (χ3n) is 4.41. The van der Waals surface area contributed by atoms with Gasteiger partial charge in [0.25, 0.3) is 5.91 Å². The molecule has 0 aromatic heterocycles. The summed E-state index contributed by atoms with van der Waals surface area (Å²) < 4.78 is 50.5. The smallest absolute Gasteiger partial charge is 0.387 e. The fourth-order valence-corrected chi connectivity index (χ4v) is 2.87. The molecular formula is C21H21F2NO7. The number of rotatable bonds is 8. The van der Waals surface area contributed by atoms with Gasteiger partial charge in [-0.2, -0.15) is 8.78 Å². The van der Waals surface area contributed by atoms with Gasteiger partial charge in [-0.1, -0.05) is 12.1 Å². The Bertz CT molecular complexity index is 938. The van der Waals surface area contributed by atoms with E-state index in [1.807, 2.05) is 12.1 Å². The number of alkyl halides is 2. The van der Waals surface area contributed by atoms with Crippen LogP contribution in [0.25, 0.3) is 0 Å². The number of hydrogen-bond donors (Lipinski definition) is 0. The summed E-state index contributed by atoms with van der Waals surface area (Å²) in [4.78, 5) is 25.9. The Balaban J connectivity index is 1.51. The molecule has 0 bridgehead atoms. The van der Waals surface area contributed by atoms with Crippen molar-refractivity contribution in [1.29, 1.82) is 0 Å².